The molecule has 20 nitrogen and oxygen atoms in total. The van der Waals surface area contributed by atoms with Gasteiger partial charge in [0.15, 0.2) is 11.5 Å². The Morgan fingerprint density at radius 1 is 0.629 bits per heavy atom. The predicted molar refractivity (Wildman–Crippen MR) is 228 cm³/mol. The van der Waals surface area contributed by atoms with Crippen LogP contribution in [-0.2, 0) is 30.4 Å². The molecular weight excluding hydrogens is 869 g/mol. The molecule has 0 aliphatic heterocycles. The second-order valence-corrected chi connectivity index (χ2v) is 17.2. The molecule has 0 saturated carbocycles. The number of aliphatic hydroxyl groups is 1. The number of Topliss-reactive ketones (excluding diaryl/α,β-unsaturated/α-hetero) is 1. The van der Waals surface area contributed by atoms with E-state index >= 15 is 0 Å². The average molecular weight is 897 g/mol. The maximum Gasteiger partial charge on any atom is 0.296 e. The van der Waals surface area contributed by atoms with Crippen molar-refractivity contribution in [1.29, 1.82) is 0 Å². The maximum absolute atomic E-state index is 13.7. The number of rotatable bonds is 11. The molecule has 0 unspecified atom stereocenters. The molecule has 0 radical (unpaired) electrons. The van der Waals surface area contributed by atoms with E-state index in [-0.39, 0.29) is 33.7 Å². The van der Waals surface area contributed by atoms with E-state index in [1.165, 1.54) is 60.7 Å². The molecule has 0 fully saturated rings. The Morgan fingerprint density at radius 2 is 1.26 bits per heavy atom. The van der Waals surface area contributed by atoms with Crippen molar-refractivity contribution in [3.8, 4) is 0 Å². The van der Waals surface area contributed by atoms with E-state index in [1.54, 1.807) is 42.5 Å². The van der Waals surface area contributed by atoms with Crippen LogP contribution < -0.4 is 16.6 Å². The van der Waals surface area contributed by atoms with Gasteiger partial charge in [-0.3, -0.25) is 34.1 Å². The van der Waals surface area contributed by atoms with Crippen LogP contribution in [0.4, 0.5) is 34.1 Å². The van der Waals surface area contributed by atoms with Gasteiger partial charge in [0.1, 0.15) is 20.4 Å². The first-order valence-corrected chi connectivity index (χ1v) is 21.8. The summed E-state index contributed by atoms with van der Waals surface area (Å²) in [7, 11) is -14.9. The number of fused-ring (bicyclic) bond motifs is 2. The van der Waals surface area contributed by atoms with Gasteiger partial charge in [-0.15, -0.1) is 5.11 Å². The number of benzene rings is 5. The van der Waals surface area contributed by atoms with Gasteiger partial charge in [0, 0.05) is 16.7 Å². The number of carbonyl (C=O) groups excluding carboxylic acids is 2. The summed E-state index contributed by atoms with van der Waals surface area (Å²) in [4.78, 5) is 27.8. The number of para-hydroxylation sites is 1. The van der Waals surface area contributed by atoms with E-state index < -0.39 is 85.2 Å². The van der Waals surface area contributed by atoms with Crippen molar-refractivity contribution >= 4 is 99.4 Å². The summed E-state index contributed by atoms with van der Waals surface area (Å²) in [5, 5.41) is 26.7. The van der Waals surface area contributed by atoms with Crippen LogP contribution in [0.5, 0.6) is 0 Å². The van der Waals surface area contributed by atoms with Crippen molar-refractivity contribution in [2.24, 2.45) is 25.4 Å². The number of nitrogen functional groups attached to an aromatic ring is 1. The number of hydrogen-bond acceptors (Lipinski definition) is 16. The Kier molecular flexibility index (Phi) is 11.3. The number of aliphatic hydroxyl groups excluding tert-OH is 1. The number of nitrogens with two attached hydrogens (primary N) is 1. The molecular formula is C39H28N8O12S3. The van der Waals surface area contributed by atoms with Crippen molar-refractivity contribution in [3.05, 3.63) is 148 Å². The number of ketones is 2. The van der Waals surface area contributed by atoms with Gasteiger partial charge in [0.2, 0.25) is 11.7 Å². The maximum atomic E-state index is 13.7. The fourth-order valence-corrected chi connectivity index (χ4v) is 8.13. The molecule has 0 spiro atoms. The highest BCUT2D eigenvalue weighted by Crippen LogP contribution is 2.41. The van der Waals surface area contributed by atoms with Crippen LogP contribution in [0.3, 0.4) is 0 Å². The molecule has 7 rings (SSSR count). The molecule has 2 aliphatic rings. The number of allylic oxidation sites excluding steroid dienone is 3. The molecule has 0 amide bonds. The standard InChI is InChI=1S/C39H28N8O12S3/c40-35-33-22(20-32(62(57,58)59)37(38(33)49)47-43-24-5-2-1-3-6-24)19-31(61(54,55)56)36(35)46-44-25-11-9-21(10-12-25)39(50)41-23-13-15-26(16-14-23)42-45-28-17-18-29(48)27-7-4-8-30(34(27)28)60(51,52)53/h1-20,42-43H,40H2,(H,41,50)(H,51,52,53)(H,54,55,56)(H,57,58,59)/b45-28+,46-44?,47-37-. The first-order chi connectivity index (χ1) is 29.3. The number of azo groups is 1. The van der Waals surface area contributed by atoms with Crippen LogP contribution in [0, 0.1) is 0 Å². The fourth-order valence-electron chi connectivity index (χ4n) is 6.07. The average Bonchev–Trinajstić information content (AvgIpc) is 3.22. The van der Waals surface area contributed by atoms with Crippen molar-refractivity contribution in [3.63, 3.8) is 0 Å². The van der Waals surface area contributed by atoms with Gasteiger partial charge in [-0.2, -0.15) is 40.6 Å². The summed E-state index contributed by atoms with van der Waals surface area (Å²) in [6.45, 7) is 0. The van der Waals surface area contributed by atoms with Gasteiger partial charge in [0.05, 0.1) is 39.7 Å². The van der Waals surface area contributed by atoms with Crippen molar-refractivity contribution in [1.82, 2.24) is 0 Å². The molecule has 5 aromatic rings. The highest BCUT2D eigenvalue weighted by molar-refractivity contribution is 7.91. The number of hydrogen-bond donors (Lipinski definition) is 7. The van der Waals surface area contributed by atoms with Gasteiger partial charge in [-0.25, -0.2) is 4.99 Å². The van der Waals surface area contributed by atoms with Crippen molar-refractivity contribution in [2.75, 3.05) is 16.6 Å². The van der Waals surface area contributed by atoms with Crippen LogP contribution >= 0.6 is 0 Å². The van der Waals surface area contributed by atoms with Crippen LogP contribution in [0.1, 0.15) is 37.4 Å². The van der Waals surface area contributed by atoms with E-state index in [1.807, 2.05) is 0 Å². The Morgan fingerprint density at radius 3 is 1.90 bits per heavy atom. The van der Waals surface area contributed by atoms with Gasteiger partial charge in [-0.05, 0) is 96.6 Å². The first kappa shape index (κ1) is 42.6. The van der Waals surface area contributed by atoms with Crippen molar-refractivity contribution < 1.29 is 53.6 Å². The molecule has 314 valence electrons. The van der Waals surface area contributed by atoms with Crippen LogP contribution in [0.15, 0.2) is 155 Å². The summed E-state index contributed by atoms with van der Waals surface area (Å²) < 4.78 is 103. The smallest absolute Gasteiger partial charge is 0.296 e. The predicted octanol–water partition coefficient (Wildman–Crippen LogP) is 6.28. The zero-order valence-corrected chi connectivity index (χ0v) is 33.6. The number of nitrogens with one attached hydrogen (secondary N) is 2. The van der Waals surface area contributed by atoms with E-state index in [0.717, 1.165) is 18.2 Å². The minimum absolute atomic E-state index is 0.0411. The SMILES string of the molecule is Nc1c(N=Nc2ccc(C(O)=Nc3ccc(N/N=C4\C=CC(=O)c5cccc(S(=O)(=O)O)c54)cc3)cc2)c(S(=O)(=O)O)cc2c1C(=O)/C(=N\Nc1ccccc1)C(S(=O)(=O)O)=C2. The van der Waals surface area contributed by atoms with Crippen LogP contribution in [-0.4, -0.2) is 72.9 Å². The number of carbonyl (C=O) groups is 2. The lowest BCUT2D eigenvalue weighted by atomic mass is 9.92. The quantitative estimate of drug-likeness (QED) is 0.0192. The Labute approximate surface area is 351 Å². The third kappa shape index (κ3) is 8.97. The third-order valence-electron chi connectivity index (χ3n) is 8.94. The zero-order chi connectivity index (χ0) is 44.6. The molecule has 0 aromatic heterocycles. The Bertz CT molecular complexity index is 3240. The largest absolute Gasteiger partial charge is 0.493 e. The summed E-state index contributed by atoms with van der Waals surface area (Å²) >= 11 is 0. The minimum atomic E-state index is -5.13. The number of nitrogens with zero attached hydrogens (tertiary/aromatic N) is 5. The van der Waals surface area contributed by atoms with Crippen LogP contribution in [0.2, 0.25) is 0 Å². The molecule has 0 bridgehead atoms. The minimum Gasteiger partial charge on any atom is -0.493 e. The van der Waals surface area contributed by atoms with E-state index in [2.05, 4.69) is 36.3 Å². The summed E-state index contributed by atoms with van der Waals surface area (Å²) in [5.74, 6) is -2.02. The number of anilines is 3. The monoisotopic (exact) mass is 896 g/mol. The topological polar surface area (TPSA) is 329 Å². The normalized spacial score (nSPS) is 15.7. The van der Waals surface area contributed by atoms with E-state index in [0.29, 0.717) is 17.1 Å². The highest BCUT2D eigenvalue weighted by Gasteiger charge is 2.37. The third-order valence-corrected chi connectivity index (χ3v) is 11.6. The molecule has 8 N–H and O–H groups in total. The Balaban J connectivity index is 1.11. The molecule has 5 aromatic carbocycles. The molecule has 23 heteroatoms. The molecule has 0 saturated heterocycles. The van der Waals surface area contributed by atoms with E-state index in [4.69, 9.17) is 5.73 Å². The molecule has 0 heterocycles. The number of aliphatic imine (C=N–C) groups is 1. The van der Waals surface area contributed by atoms with Gasteiger partial charge in [-0.1, -0.05) is 30.3 Å². The van der Waals surface area contributed by atoms with Crippen molar-refractivity contribution in [2.45, 2.75) is 9.79 Å². The zero-order valence-electron chi connectivity index (χ0n) is 31.1. The molecule has 62 heavy (non-hydrogen) atoms. The fraction of sp³-hybridized carbons (Fsp3) is 0. The second-order valence-electron chi connectivity index (χ2n) is 13.0. The van der Waals surface area contributed by atoms with Gasteiger partial charge >= 0.3 is 0 Å². The van der Waals surface area contributed by atoms with E-state index in [9.17, 15) is 53.6 Å². The first-order valence-electron chi connectivity index (χ1n) is 17.4. The highest BCUT2D eigenvalue weighted by atomic mass is 32.2. The lowest BCUT2D eigenvalue weighted by Crippen LogP contribution is -2.28. The number of hydrazone groups is 2. The molecule has 0 atom stereocenters. The lowest BCUT2D eigenvalue weighted by Gasteiger charge is -2.20. The summed E-state index contributed by atoms with van der Waals surface area (Å²) in [6.07, 6.45) is 3.28. The summed E-state index contributed by atoms with van der Waals surface area (Å²) in [6, 6.07) is 24.4. The summed E-state index contributed by atoms with van der Waals surface area (Å²) in [5.41, 5.74) is 10.0. The van der Waals surface area contributed by atoms with Crippen LogP contribution in [0.25, 0.3) is 6.08 Å². The second kappa shape index (κ2) is 16.5. The van der Waals surface area contributed by atoms with Gasteiger partial charge in [0.25, 0.3) is 30.4 Å². The lowest BCUT2D eigenvalue weighted by molar-refractivity contribution is 0.104. The molecule has 2 aliphatic carbocycles. The van der Waals surface area contributed by atoms with Gasteiger partial charge < -0.3 is 10.8 Å². The Hall–Kier alpha value is -7.54.